The van der Waals surface area contributed by atoms with Gasteiger partial charge in [0.25, 0.3) is 5.56 Å². The van der Waals surface area contributed by atoms with E-state index in [2.05, 4.69) is 20.5 Å². The fourth-order valence-corrected chi connectivity index (χ4v) is 4.44. The number of halogens is 4. The number of hydrogen-bond acceptors (Lipinski definition) is 9. The van der Waals surface area contributed by atoms with Crippen LogP contribution in [-0.4, -0.2) is 54.8 Å². The lowest BCUT2D eigenvalue weighted by Gasteiger charge is -2.21. The fourth-order valence-electron chi connectivity index (χ4n) is 4.27. The van der Waals surface area contributed by atoms with Gasteiger partial charge >= 0.3 is 12.1 Å². The largest absolute Gasteiger partial charge is 0.495 e. The van der Waals surface area contributed by atoms with Crippen LogP contribution < -0.4 is 21.3 Å². The summed E-state index contributed by atoms with van der Waals surface area (Å²) in [5.41, 5.74) is 7.27. The Morgan fingerprint density at radius 2 is 1.93 bits per heavy atom. The molecule has 4 aromatic rings. The summed E-state index contributed by atoms with van der Waals surface area (Å²) in [4.78, 5) is 30.9. The van der Waals surface area contributed by atoms with Crippen LogP contribution in [0.4, 0.5) is 24.5 Å². The summed E-state index contributed by atoms with van der Waals surface area (Å²) >= 11 is 6.21. The zero-order chi connectivity index (χ0) is 31.3. The molecular formula is C28H26ClF3N6O5. The molecule has 15 heteroatoms. The number of benzene rings is 2. The zero-order valence-corrected chi connectivity index (χ0v) is 23.9. The van der Waals surface area contributed by atoms with E-state index in [4.69, 9.17) is 31.2 Å². The predicted octanol–water partition coefficient (Wildman–Crippen LogP) is 5.09. The maximum absolute atomic E-state index is 13.5. The number of nitrogens with one attached hydrogen (secondary N) is 1. The zero-order valence-electron chi connectivity index (χ0n) is 23.1. The lowest BCUT2D eigenvalue weighted by atomic mass is 9.99. The number of alkyl halides is 3. The van der Waals surface area contributed by atoms with E-state index in [1.54, 1.807) is 31.5 Å². The molecule has 0 aliphatic rings. The first kappa shape index (κ1) is 31.3. The molecule has 4 rings (SSSR count). The average molecular weight is 619 g/mol. The molecule has 0 saturated heterocycles. The molecule has 2 heterocycles. The van der Waals surface area contributed by atoms with E-state index < -0.39 is 35.5 Å². The van der Waals surface area contributed by atoms with Gasteiger partial charge < -0.3 is 24.9 Å². The number of aliphatic imine (C=N–C) groups is 1. The number of ether oxygens (including phenoxy) is 2. The number of nitrogens with two attached hydrogens (primary N) is 1. The first-order valence-electron chi connectivity index (χ1n) is 12.6. The van der Waals surface area contributed by atoms with Crippen molar-refractivity contribution >= 4 is 35.1 Å². The Morgan fingerprint density at radius 1 is 1.16 bits per heavy atom. The van der Waals surface area contributed by atoms with Crippen LogP contribution in [0, 0.1) is 0 Å². The number of rotatable bonds is 10. The van der Waals surface area contributed by atoms with E-state index in [9.17, 15) is 22.8 Å². The molecule has 1 unspecified atom stereocenters. The molecule has 0 bridgehead atoms. The maximum Gasteiger partial charge on any atom is 0.470 e. The van der Waals surface area contributed by atoms with Gasteiger partial charge in [-0.3, -0.25) is 19.1 Å². The summed E-state index contributed by atoms with van der Waals surface area (Å²) in [5, 5.41) is 9.61. The van der Waals surface area contributed by atoms with Crippen molar-refractivity contribution in [2.75, 3.05) is 38.9 Å². The molecule has 1 amide bonds. The highest BCUT2D eigenvalue weighted by Gasteiger charge is 2.38. The van der Waals surface area contributed by atoms with Gasteiger partial charge in [0, 0.05) is 72.6 Å². The van der Waals surface area contributed by atoms with Gasteiger partial charge in [-0.05, 0) is 42.0 Å². The van der Waals surface area contributed by atoms with Crippen LogP contribution in [0.3, 0.4) is 0 Å². The van der Waals surface area contributed by atoms with Gasteiger partial charge in [-0.2, -0.15) is 13.2 Å². The predicted molar refractivity (Wildman–Crippen MR) is 155 cm³/mol. The molecule has 0 aliphatic carbocycles. The van der Waals surface area contributed by atoms with Crippen molar-refractivity contribution in [3.8, 4) is 28.3 Å². The molecule has 0 fully saturated rings. The Morgan fingerprint density at radius 3 is 2.58 bits per heavy atom. The average Bonchev–Trinajstić information content (AvgIpc) is 3.47. The minimum Gasteiger partial charge on any atom is -0.495 e. The maximum atomic E-state index is 13.5. The smallest absolute Gasteiger partial charge is 0.470 e. The molecule has 226 valence electrons. The highest BCUT2D eigenvalue weighted by Crippen LogP contribution is 2.39. The molecular weight excluding hydrogens is 593 g/mol. The number of methoxy groups -OCH3 is 2. The summed E-state index contributed by atoms with van der Waals surface area (Å²) in [6.07, 6.45) is -1.86. The van der Waals surface area contributed by atoms with Gasteiger partial charge in [-0.15, -0.1) is 10.2 Å². The third-order valence-corrected chi connectivity index (χ3v) is 6.53. The number of hydrogen-bond donors (Lipinski definition) is 2. The third-order valence-electron chi connectivity index (χ3n) is 6.29. The minimum atomic E-state index is -4.86. The Balaban J connectivity index is 1.78. The molecule has 43 heavy (non-hydrogen) atoms. The van der Waals surface area contributed by atoms with Crippen LogP contribution in [0.1, 0.15) is 23.9 Å². The van der Waals surface area contributed by atoms with Crippen molar-refractivity contribution in [3.63, 3.8) is 0 Å². The van der Waals surface area contributed by atoms with Gasteiger partial charge in [-0.25, -0.2) is 0 Å². The number of pyridine rings is 1. The van der Waals surface area contributed by atoms with Crippen molar-refractivity contribution in [1.82, 2.24) is 14.8 Å². The van der Waals surface area contributed by atoms with Crippen LogP contribution in [0.2, 0.25) is 5.02 Å². The molecule has 2 aromatic carbocycles. The first-order chi connectivity index (χ1) is 20.5. The quantitative estimate of drug-likeness (QED) is 0.184. The van der Waals surface area contributed by atoms with Crippen molar-refractivity contribution in [1.29, 1.82) is 0 Å². The van der Waals surface area contributed by atoms with Gasteiger partial charge in [0.05, 0.1) is 13.3 Å². The highest BCUT2D eigenvalue weighted by molar-refractivity contribution is 6.31. The summed E-state index contributed by atoms with van der Waals surface area (Å²) in [6, 6.07) is 9.24. The molecule has 0 radical (unpaired) electrons. The van der Waals surface area contributed by atoms with Crippen molar-refractivity contribution in [2.24, 2.45) is 4.99 Å². The molecule has 3 N–H and O–H groups in total. The number of nitrogen functional groups attached to an aromatic ring is 1. The second-order valence-electron chi connectivity index (χ2n) is 9.12. The molecule has 2 aromatic heterocycles. The van der Waals surface area contributed by atoms with Crippen molar-refractivity contribution in [2.45, 2.75) is 18.6 Å². The lowest BCUT2D eigenvalue weighted by molar-refractivity contribution is -0.157. The number of amides is 1. The van der Waals surface area contributed by atoms with E-state index in [1.807, 2.05) is 0 Å². The van der Waals surface area contributed by atoms with E-state index in [-0.39, 0.29) is 40.5 Å². The van der Waals surface area contributed by atoms with E-state index in [1.165, 1.54) is 49.2 Å². The van der Waals surface area contributed by atoms with Crippen LogP contribution in [-0.2, 0) is 15.7 Å². The van der Waals surface area contributed by atoms with E-state index in [0.29, 0.717) is 16.9 Å². The Kier molecular flexibility index (Phi) is 9.51. The molecule has 0 saturated carbocycles. The summed E-state index contributed by atoms with van der Waals surface area (Å²) in [7, 11) is 4.38. The SMILES string of the molecule is CN=Cc1cc(NC(=O)C(CCOC)n2cc(OC)c(-c3cc(Cl)ccc3-c3nnc(C(F)(F)F)o3)cc2=O)ccc1N. The topological polar surface area (TPSA) is 147 Å². The van der Waals surface area contributed by atoms with Crippen molar-refractivity contribution < 1.29 is 31.9 Å². The monoisotopic (exact) mass is 618 g/mol. The van der Waals surface area contributed by atoms with Crippen molar-refractivity contribution in [3.05, 3.63) is 75.5 Å². The van der Waals surface area contributed by atoms with E-state index in [0.717, 1.165) is 0 Å². The summed E-state index contributed by atoms with van der Waals surface area (Å²) < 4.78 is 56.2. The van der Waals surface area contributed by atoms with Crippen LogP contribution >= 0.6 is 11.6 Å². The Labute approximate surface area is 248 Å². The van der Waals surface area contributed by atoms with Crippen LogP contribution in [0.25, 0.3) is 22.6 Å². The highest BCUT2D eigenvalue weighted by atomic mass is 35.5. The van der Waals surface area contributed by atoms with Crippen LogP contribution in [0.15, 0.2) is 62.9 Å². The standard InChI is InChI=1S/C28H26ClF3N6O5/c1-34-13-15-10-17(5-7-21(15)33)35-25(40)22(8-9-41-2)38-14-23(42-3)20(12-24(38)39)19-11-16(29)4-6-18(19)26-36-37-27(43-26)28(30,31)32/h4-7,10-14,22H,8-9,33H2,1-3H3,(H,35,40). The minimum absolute atomic E-state index is 0.0753. The van der Waals surface area contributed by atoms with Gasteiger partial charge in [0.15, 0.2) is 0 Å². The number of aromatic nitrogens is 3. The van der Waals surface area contributed by atoms with E-state index >= 15 is 0 Å². The number of nitrogens with zero attached hydrogens (tertiary/aromatic N) is 4. The second-order valence-corrected chi connectivity index (χ2v) is 9.55. The number of carbonyl (C=O) groups is 1. The summed E-state index contributed by atoms with van der Waals surface area (Å²) in [6.45, 7) is 0.140. The van der Waals surface area contributed by atoms with Gasteiger partial charge in [0.2, 0.25) is 11.8 Å². The first-order valence-corrected chi connectivity index (χ1v) is 13.0. The Bertz CT molecular complexity index is 1720. The molecule has 0 spiro atoms. The lowest BCUT2D eigenvalue weighted by Crippen LogP contribution is -2.34. The van der Waals surface area contributed by atoms with Gasteiger partial charge in [-0.1, -0.05) is 11.6 Å². The summed E-state index contributed by atoms with van der Waals surface area (Å²) in [5.74, 6) is -2.39. The third kappa shape index (κ3) is 7.04. The fraction of sp³-hybridized carbons (Fsp3) is 0.250. The van der Waals surface area contributed by atoms with Crippen LogP contribution in [0.5, 0.6) is 5.75 Å². The molecule has 1 atom stereocenters. The molecule has 11 nitrogen and oxygen atoms in total. The normalized spacial score (nSPS) is 12.4. The van der Waals surface area contributed by atoms with Gasteiger partial charge in [0.1, 0.15) is 11.8 Å². The molecule has 0 aliphatic heterocycles. The number of anilines is 2. The second kappa shape index (κ2) is 13.1. The Hall–Kier alpha value is -4.69. The number of carbonyl (C=O) groups excluding carboxylic acids is 1.